The molecule has 0 unspecified atom stereocenters. The molecule has 128 valence electrons. The van der Waals surface area contributed by atoms with Gasteiger partial charge in [-0.15, -0.1) is 0 Å². The fraction of sp³-hybridized carbons (Fsp3) is 0.368. The van der Waals surface area contributed by atoms with Crippen LogP contribution in [0.2, 0.25) is 0 Å². The number of carbonyl (C=O) groups is 2. The second-order valence-electron chi connectivity index (χ2n) is 6.48. The Labute approximate surface area is 146 Å². The number of rotatable bonds is 4. The number of anilines is 1. The van der Waals surface area contributed by atoms with E-state index in [0.717, 1.165) is 19.3 Å². The number of ketones is 1. The summed E-state index contributed by atoms with van der Waals surface area (Å²) in [6.45, 7) is 0. The van der Waals surface area contributed by atoms with Crippen LogP contribution in [0.5, 0.6) is 0 Å². The maximum absolute atomic E-state index is 12.6. The zero-order valence-electron chi connectivity index (χ0n) is 14.2. The van der Waals surface area contributed by atoms with E-state index < -0.39 is 5.41 Å². The highest BCUT2D eigenvalue weighted by atomic mass is 16.2. The maximum atomic E-state index is 12.6. The lowest BCUT2D eigenvalue weighted by molar-refractivity contribution is -0.124. The molecule has 1 N–H and O–H groups in total. The van der Waals surface area contributed by atoms with Crippen LogP contribution in [0.15, 0.2) is 36.7 Å². The molecule has 2 aromatic rings. The van der Waals surface area contributed by atoms with Crippen molar-refractivity contribution < 1.29 is 9.59 Å². The first-order valence-corrected chi connectivity index (χ1v) is 8.40. The molecule has 3 rings (SSSR count). The highest BCUT2D eigenvalue weighted by molar-refractivity contribution is 6.07. The first-order valence-electron chi connectivity index (χ1n) is 8.40. The molecular weight excluding hydrogens is 316 g/mol. The van der Waals surface area contributed by atoms with Gasteiger partial charge in [-0.3, -0.25) is 9.59 Å². The highest BCUT2D eigenvalue weighted by Crippen LogP contribution is 2.36. The van der Waals surface area contributed by atoms with Crippen LogP contribution in [0.25, 0.3) is 0 Å². The average Bonchev–Trinajstić information content (AvgIpc) is 3.08. The standard InChI is InChI=1S/C19H20N4O2/c1-23-12-11-21-17(23)16(24)14-5-7-15(8-6-14)22-18(25)19(13-20)9-3-2-4-10-19/h5-8,11-12H,2-4,9-10H2,1H3,(H,22,25). The Morgan fingerprint density at radius 1 is 1.20 bits per heavy atom. The normalized spacial score (nSPS) is 16.0. The van der Waals surface area contributed by atoms with Crippen LogP contribution in [0, 0.1) is 16.7 Å². The maximum Gasteiger partial charge on any atom is 0.244 e. The number of imidazole rings is 1. The minimum absolute atomic E-state index is 0.175. The smallest absolute Gasteiger partial charge is 0.244 e. The van der Waals surface area contributed by atoms with Crippen molar-refractivity contribution in [3.05, 3.63) is 48.0 Å². The molecular formula is C19H20N4O2. The lowest BCUT2D eigenvalue weighted by Crippen LogP contribution is -2.36. The number of hydrogen-bond acceptors (Lipinski definition) is 4. The van der Waals surface area contributed by atoms with E-state index in [1.807, 2.05) is 0 Å². The summed E-state index contributed by atoms with van der Waals surface area (Å²) in [6.07, 6.45) is 7.37. The second kappa shape index (κ2) is 6.89. The Balaban J connectivity index is 1.73. The Hall–Kier alpha value is -2.94. The summed E-state index contributed by atoms with van der Waals surface area (Å²) < 4.78 is 1.66. The highest BCUT2D eigenvalue weighted by Gasteiger charge is 2.39. The van der Waals surface area contributed by atoms with E-state index in [1.54, 1.807) is 48.3 Å². The molecule has 1 heterocycles. The molecule has 25 heavy (non-hydrogen) atoms. The molecule has 1 fully saturated rings. The van der Waals surface area contributed by atoms with Crippen LogP contribution >= 0.6 is 0 Å². The summed E-state index contributed by atoms with van der Waals surface area (Å²) in [5.41, 5.74) is 0.154. The molecule has 6 heteroatoms. The number of carbonyl (C=O) groups excluding carboxylic acids is 2. The molecule has 1 amide bonds. The zero-order chi connectivity index (χ0) is 17.9. The molecule has 0 aliphatic heterocycles. The van der Waals surface area contributed by atoms with Crippen molar-refractivity contribution in [1.29, 1.82) is 5.26 Å². The number of nitriles is 1. The summed E-state index contributed by atoms with van der Waals surface area (Å²) >= 11 is 0. The summed E-state index contributed by atoms with van der Waals surface area (Å²) in [5.74, 6) is -0.0635. The van der Waals surface area contributed by atoms with Gasteiger partial charge in [-0.1, -0.05) is 19.3 Å². The van der Waals surface area contributed by atoms with Crippen molar-refractivity contribution >= 4 is 17.4 Å². The van der Waals surface area contributed by atoms with Gasteiger partial charge in [0.2, 0.25) is 11.7 Å². The predicted octanol–water partition coefficient (Wildman–Crippen LogP) is 3.06. The van der Waals surface area contributed by atoms with E-state index in [9.17, 15) is 14.9 Å². The molecule has 0 spiro atoms. The second-order valence-corrected chi connectivity index (χ2v) is 6.48. The van der Waals surface area contributed by atoms with Crippen molar-refractivity contribution in [1.82, 2.24) is 9.55 Å². The van der Waals surface area contributed by atoms with E-state index in [2.05, 4.69) is 16.4 Å². The van der Waals surface area contributed by atoms with Gasteiger partial charge in [0, 0.05) is 30.7 Å². The number of amides is 1. The van der Waals surface area contributed by atoms with Crippen LogP contribution in [-0.4, -0.2) is 21.2 Å². The van der Waals surface area contributed by atoms with Crippen molar-refractivity contribution in [2.45, 2.75) is 32.1 Å². The van der Waals surface area contributed by atoms with Gasteiger partial charge < -0.3 is 9.88 Å². The molecule has 6 nitrogen and oxygen atoms in total. The van der Waals surface area contributed by atoms with E-state index in [-0.39, 0.29) is 11.7 Å². The number of nitrogens with one attached hydrogen (secondary N) is 1. The van der Waals surface area contributed by atoms with Crippen LogP contribution in [0.1, 0.15) is 48.3 Å². The topological polar surface area (TPSA) is 87.8 Å². The Morgan fingerprint density at radius 3 is 2.44 bits per heavy atom. The van der Waals surface area contributed by atoms with Crippen LogP contribution in [-0.2, 0) is 11.8 Å². The lowest BCUT2D eigenvalue weighted by Gasteiger charge is -2.29. The van der Waals surface area contributed by atoms with E-state index >= 15 is 0 Å². The largest absolute Gasteiger partial charge is 0.331 e. The fourth-order valence-electron chi connectivity index (χ4n) is 3.21. The van der Waals surface area contributed by atoms with Gasteiger partial charge in [0.1, 0.15) is 5.41 Å². The molecule has 0 bridgehead atoms. The van der Waals surface area contributed by atoms with Gasteiger partial charge >= 0.3 is 0 Å². The van der Waals surface area contributed by atoms with Crippen LogP contribution in [0.3, 0.4) is 0 Å². The molecule has 0 atom stereocenters. The number of hydrogen-bond donors (Lipinski definition) is 1. The molecule has 1 aromatic heterocycles. The third kappa shape index (κ3) is 3.31. The van der Waals surface area contributed by atoms with Gasteiger partial charge in [-0.25, -0.2) is 4.98 Å². The van der Waals surface area contributed by atoms with Gasteiger partial charge in [-0.2, -0.15) is 5.26 Å². The third-order valence-corrected chi connectivity index (χ3v) is 4.78. The first kappa shape index (κ1) is 16.9. The number of benzene rings is 1. The fourth-order valence-corrected chi connectivity index (χ4v) is 3.21. The molecule has 1 aliphatic rings. The summed E-state index contributed by atoms with van der Waals surface area (Å²) in [6, 6.07) is 8.90. The Morgan fingerprint density at radius 2 is 1.88 bits per heavy atom. The molecule has 0 radical (unpaired) electrons. The van der Waals surface area contributed by atoms with Crippen molar-refractivity contribution in [3.8, 4) is 6.07 Å². The number of aryl methyl sites for hydroxylation is 1. The van der Waals surface area contributed by atoms with Gasteiger partial charge in [0.05, 0.1) is 6.07 Å². The number of aromatic nitrogens is 2. The summed E-state index contributed by atoms with van der Waals surface area (Å²) in [5, 5.41) is 12.3. The van der Waals surface area contributed by atoms with Crippen LogP contribution < -0.4 is 5.32 Å². The minimum atomic E-state index is -0.931. The minimum Gasteiger partial charge on any atom is -0.331 e. The Kier molecular flexibility index (Phi) is 4.66. The number of nitrogens with zero attached hydrogens (tertiary/aromatic N) is 3. The predicted molar refractivity (Wildman–Crippen MR) is 92.8 cm³/mol. The quantitative estimate of drug-likeness (QED) is 0.869. The summed E-state index contributed by atoms with van der Waals surface area (Å²) in [4.78, 5) is 29.0. The van der Waals surface area contributed by atoms with Crippen molar-refractivity contribution in [2.75, 3.05) is 5.32 Å². The summed E-state index contributed by atoms with van der Waals surface area (Å²) in [7, 11) is 1.76. The molecule has 0 saturated heterocycles. The third-order valence-electron chi connectivity index (χ3n) is 4.78. The SMILES string of the molecule is Cn1ccnc1C(=O)c1ccc(NC(=O)C2(C#N)CCCCC2)cc1. The monoisotopic (exact) mass is 336 g/mol. The van der Waals surface area contributed by atoms with Crippen molar-refractivity contribution in [3.63, 3.8) is 0 Å². The van der Waals surface area contributed by atoms with E-state index in [0.29, 0.717) is 29.9 Å². The van der Waals surface area contributed by atoms with Crippen molar-refractivity contribution in [2.24, 2.45) is 12.5 Å². The molecule has 1 saturated carbocycles. The van der Waals surface area contributed by atoms with Gasteiger partial charge in [-0.05, 0) is 37.1 Å². The lowest BCUT2D eigenvalue weighted by atomic mass is 9.74. The van der Waals surface area contributed by atoms with E-state index in [4.69, 9.17) is 0 Å². The molecule has 1 aromatic carbocycles. The van der Waals surface area contributed by atoms with Gasteiger partial charge in [0.15, 0.2) is 5.82 Å². The molecule has 1 aliphatic carbocycles. The van der Waals surface area contributed by atoms with Gasteiger partial charge in [0.25, 0.3) is 0 Å². The zero-order valence-corrected chi connectivity index (χ0v) is 14.2. The Bertz CT molecular complexity index is 824. The first-order chi connectivity index (χ1) is 12.1. The average molecular weight is 336 g/mol. The van der Waals surface area contributed by atoms with Crippen LogP contribution in [0.4, 0.5) is 5.69 Å². The van der Waals surface area contributed by atoms with E-state index in [1.165, 1.54) is 0 Å².